The quantitative estimate of drug-likeness (QED) is 0.873. The summed E-state index contributed by atoms with van der Waals surface area (Å²) in [6.45, 7) is 1.99. The van der Waals surface area contributed by atoms with E-state index >= 15 is 0 Å². The van der Waals surface area contributed by atoms with Gasteiger partial charge in [-0.25, -0.2) is 13.1 Å². The third kappa shape index (κ3) is 4.05. The molecule has 0 amide bonds. The molecule has 21 heavy (non-hydrogen) atoms. The van der Waals surface area contributed by atoms with Crippen LogP contribution in [0.2, 0.25) is 5.02 Å². The molecule has 1 N–H and O–H groups in total. The molecule has 2 aromatic rings. The highest BCUT2D eigenvalue weighted by molar-refractivity contribution is 7.89. The predicted octanol–water partition coefficient (Wildman–Crippen LogP) is 3.38. The Hall–Kier alpha value is -0.920. The van der Waals surface area contributed by atoms with E-state index in [0.29, 0.717) is 5.02 Å². The Bertz CT molecular complexity index is 699. The van der Waals surface area contributed by atoms with Crippen molar-refractivity contribution >= 4 is 33.0 Å². The van der Waals surface area contributed by atoms with E-state index in [1.165, 1.54) is 12.1 Å². The molecule has 0 bridgehead atoms. The molecule has 7 heteroatoms. The summed E-state index contributed by atoms with van der Waals surface area (Å²) < 4.78 is 32.4. The van der Waals surface area contributed by atoms with Crippen LogP contribution in [0.1, 0.15) is 17.2 Å². The van der Waals surface area contributed by atoms with Gasteiger partial charge in [-0.3, -0.25) is 0 Å². The molecule has 1 heterocycles. The van der Waals surface area contributed by atoms with E-state index in [0.717, 1.165) is 11.1 Å². The van der Waals surface area contributed by atoms with Crippen LogP contribution in [-0.2, 0) is 14.8 Å². The van der Waals surface area contributed by atoms with E-state index in [1.807, 2.05) is 23.8 Å². The van der Waals surface area contributed by atoms with Gasteiger partial charge in [0.15, 0.2) is 0 Å². The van der Waals surface area contributed by atoms with Crippen LogP contribution in [0, 0.1) is 6.92 Å². The van der Waals surface area contributed by atoms with Crippen LogP contribution >= 0.6 is 22.9 Å². The molecule has 0 radical (unpaired) electrons. The summed E-state index contributed by atoms with van der Waals surface area (Å²) in [6.07, 6.45) is -0.313. The van der Waals surface area contributed by atoms with Gasteiger partial charge >= 0.3 is 0 Å². The van der Waals surface area contributed by atoms with Crippen LogP contribution in [0.4, 0.5) is 0 Å². The average molecular weight is 346 g/mol. The van der Waals surface area contributed by atoms with Crippen molar-refractivity contribution in [1.82, 2.24) is 4.72 Å². The topological polar surface area (TPSA) is 55.4 Å². The number of ether oxygens (including phenoxy) is 1. The Morgan fingerprint density at radius 2 is 2.14 bits per heavy atom. The maximum atomic E-state index is 12.3. The van der Waals surface area contributed by atoms with Gasteiger partial charge in [0.05, 0.1) is 11.0 Å². The highest BCUT2D eigenvalue weighted by Gasteiger charge is 2.18. The first-order valence-corrected chi connectivity index (χ1v) is 9.05. The molecule has 2 rings (SSSR count). The number of aryl methyl sites for hydroxylation is 1. The molecule has 0 fully saturated rings. The van der Waals surface area contributed by atoms with E-state index in [4.69, 9.17) is 16.3 Å². The molecule has 4 nitrogen and oxygen atoms in total. The zero-order chi connectivity index (χ0) is 15.5. The molecular formula is C14H16ClNO3S2. The van der Waals surface area contributed by atoms with Gasteiger partial charge in [0.2, 0.25) is 10.0 Å². The van der Waals surface area contributed by atoms with Crippen molar-refractivity contribution in [2.24, 2.45) is 0 Å². The average Bonchev–Trinajstić information content (AvgIpc) is 2.96. The Morgan fingerprint density at radius 3 is 2.71 bits per heavy atom. The molecule has 114 valence electrons. The van der Waals surface area contributed by atoms with E-state index in [-0.39, 0.29) is 17.5 Å². The Kier molecular flexibility index (Phi) is 5.40. The van der Waals surface area contributed by atoms with Gasteiger partial charge in [-0.05, 0) is 47.0 Å². The SMILES string of the molecule is COC(CNS(=O)(=O)c1ccc(C)c(Cl)c1)c1ccsc1. The summed E-state index contributed by atoms with van der Waals surface area (Å²) in [5.74, 6) is 0. The van der Waals surface area contributed by atoms with E-state index in [2.05, 4.69) is 4.72 Å². The zero-order valence-corrected chi connectivity index (χ0v) is 14.1. The fourth-order valence-electron chi connectivity index (χ4n) is 1.80. The third-order valence-electron chi connectivity index (χ3n) is 3.11. The summed E-state index contributed by atoms with van der Waals surface area (Å²) >= 11 is 7.52. The van der Waals surface area contributed by atoms with Crippen molar-refractivity contribution < 1.29 is 13.2 Å². The minimum absolute atomic E-state index is 0.151. The highest BCUT2D eigenvalue weighted by atomic mass is 35.5. The first-order chi connectivity index (χ1) is 9.94. The monoisotopic (exact) mass is 345 g/mol. The van der Waals surface area contributed by atoms with Crippen molar-refractivity contribution in [1.29, 1.82) is 0 Å². The maximum absolute atomic E-state index is 12.3. The number of sulfonamides is 1. The molecule has 1 aromatic carbocycles. The lowest BCUT2D eigenvalue weighted by Crippen LogP contribution is -2.29. The summed E-state index contributed by atoms with van der Waals surface area (Å²) in [5, 5.41) is 4.29. The van der Waals surface area contributed by atoms with Gasteiger partial charge in [0, 0.05) is 18.7 Å². The standard InChI is InChI=1S/C14H16ClNO3S2/c1-10-3-4-12(7-13(10)15)21(17,18)16-8-14(19-2)11-5-6-20-9-11/h3-7,9,14,16H,8H2,1-2H3. The number of benzene rings is 1. The molecule has 0 aliphatic rings. The van der Waals surface area contributed by atoms with E-state index < -0.39 is 10.0 Å². The second kappa shape index (κ2) is 6.89. The van der Waals surface area contributed by atoms with Crippen molar-refractivity contribution in [2.75, 3.05) is 13.7 Å². The van der Waals surface area contributed by atoms with Crippen LogP contribution < -0.4 is 4.72 Å². The summed E-state index contributed by atoms with van der Waals surface area (Å²) in [7, 11) is -2.05. The number of hydrogen-bond donors (Lipinski definition) is 1. The van der Waals surface area contributed by atoms with Gasteiger partial charge in [-0.15, -0.1) is 0 Å². The van der Waals surface area contributed by atoms with Gasteiger partial charge in [0.1, 0.15) is 0 Å². The van der Waals surface area contributed by atoms with Gasteiger partial charge in [-0.2, -0.15) is 11.3 Å². The maximum Gasteiger partial charge on any atom is 0.240 e. The Labute approximate surface area is 133 Å². The first kappa shape index (κ1) is 16.5. The van der Waals surface area contributed by atoms with Crippen LogP contribution in [0.25, 0.3) is 0 Å². The fourth-order valence-corrected chi connectivity index (χ4v) is 3.81. The number of nitrogens with one attached hydrogen (secondary N) is 1. The first-order valence-electron chi connectivity index (χ1n) is 6.25. The number of methoxy groups -OCH3 is 1. The normalized spacial score (nSPS) is 13.3. The second-order valence-corrected chi connectivity index (χ2v) is 7.50. The third-order valence-corrected chi connectivity index (χ3v) is 5.64. The lowest BCUT2D eigenvalue weighted by atomic mass is 10.2. The molecule has 0 saturated heterocycles. The fraction of sp³-hybridized carbons (Fsp3) is 0.286. The van der Waals surface area contributed by atoms with E-state index in [9.17, 15) is 8.42 Å². The van der Waals surface area contributed by atoms with Gasteiger partial charge in [-0.1, -0.05) is 17.7 Å². The molecular weight excluding hydrogens is 330 g/mol. The lowest BCUT2D eigenvalue weighted by Gasteiger charge is -2.15. The summed E-state index contributed by atoms with van der Waals surface area (Å²) in [6, 6.07) is 6.58. The zero-order valence-electron chi connectivity index (χ0n) is 11.7. The van der Waals surface area contributed by atoms with Crippen LogP contribution in [0.3, 0.4) is 0 Å². The molecule has 0 aliphatic heterocycles. The minimum Gasteiger partial charge on any atom is -0.375 e. The van der Waals surface area contributed by atoms with Crippen LogP contribution in [0.15, 0.2) is 39.9 Å². The van der Waals surface area contributed by atoms with E-state index in [1.54, 1.807) is 24.5 Å². The van der Waals surface area contributed by atoms with Crippen molar-refractivity contribution in [3.05, 3.63) is 51.2 Å². The molecule has 1 aromatic heterocycles. The molecule has 0 spiro atoms. The number of halogens is 1. The van der Waals surface area contributed by atoms with Crippen LogP contribution in [-0.4, -0.2) is 22.1 Å². The molecule has 1 unspecified atom stereocenters. The van der Waals surface area contributed by atoms with Crippen molar-refractivity contribution in [2.45, 2.75) is 17.9 Å². The minimum atomic E-state index is -3.61. The highest BCUT2D eigenvalue weighted by Crippen LogP contribution is 2.22. The smallest absolute Gasteiger partial charge is 0.240 e. The largest absolute Gasteiger partial charge is 0.375 e. The lowest BCUT2D eigenvalue weighted by molar-refractivity contribution is 0.107. The summed E-state index contributed by atoms with van der Waals surface area (Å²) in [4.78, 5) is 0.151. The Morgan fingerprint density at radius 1 is 1.38 bits per heavy atom. The second-order valence-electron chi connectivity index (χ2n) is 4.54. The Balaban J connectivity index is 2.12. The van der Waals surface area contributed by atoms with Gasteiger partial charge in [0.25, 0.3) is 0 Å². The van der Waals surface area contributed by atoms with Gasteiger partial charge < -0.3 is 4.74 Å². The molecule has 0 saturated carbocycles. The molecule has 0 aliphatic carbocycles. The summed E-state index contributed by atoms with van der Waals surface area (Å²) in [5.41, 5.74) is 1.79. The number of thiophene rings is 1. The number of hydrogen-bond acceptors (Lipinski definition) is 4. The molecule has 1 atom stereocenters. The van der Waals surface area contributed by atoms with Crippen LogP contribution in [0.5, 0.6) is 0 Å². The van der Waals surface area contributed by atoms with Crippen molar-refractivity contribution in [3.8, 4) is 0 Å². The predicted molar refractivity (Wildman–Crippen MR) is 85.4 cm³/mol. The number of rotatable bonds is 6. The van der Waals surface area contributed by atoms with Crippen molar-refractivity contribution in [3.63, 3.8) is 0 Å².